The molecule has 3 aromatic rings. The number of hydrogen-bond acceptors (Lipinski definition) is 6. The predicted octanol–water partition coefficient (Wildman–Crippen LogP) is 5.06. The second-order valence-electron chi connectivity index (χ2n) is 9.93. The van der Waals surface area contributed by atoms with Crippen molar-refractivity contribution in [3.8, 4) is 5.75 Å². The van der Waals surface area contributed by atoms with Crippen LogP contribution in [0.2, 0.25) is 0 Å². The maximum Gasteiger partial charge on any atom is 0.491 e. The number of rotatable bonds is 7. The van der Waals surface area contributed by atoms with Crippen molar-refractivity contribution >= 4 is 23.6 Å². The van der Waals surface area contributed by atoms with Gasteiger partial charge in [-0.15, -0.1) is 0 Å². The molecular weight excluding hydrogens is 555 g/mol. The number of fused-ring (bicyclic) bond motifs is 1. The standard InChI is InChI=1S/C27H27F5N4O5/c1-15-11-20(40-13-17-18(28)7-6-8-19(17)29)22-34-16(2)21(36(22)12-15)23(37)33-14-26(9-4-3-5-10-26)35-25(39)41-24(38)27(30,31)32/h6-8,11-12H,3-5,9-10,13-14H2,1-2H3,(H,33,37)(H,35,39). The molecular formula is C27H27F5N4O5. The minimum Gasteiger partial charge on any atom is -0.485 e. The van der Waals surface area contributed by atoms with Crippen LogP contribution >= 0.6 is 0 Å². The third kappa shape index (κ3) is 6.74. The highest BCUT2D eigenvalue weighted by Gasteiger charge is 2.44. The quantitative estimate of drug-likeness (QED) is 0.229. The van der Waals surface area contributed by atoms with E-state index in [1.165, 1.54) is 10.5 Å². The summed E-state index contributed by atoms with van der Waals surface area (Å²) in [6.45, 7) is 2.72. The molecule has 4 rings (SSSR count). The molecule has 2 aromatic heterocycles. The minimum absolute atomic E-state index is 0.117. The lowest BCUT2D eigenvalue weighted by Gasteiger charge is -2.37. The summed E-state index contributed by atoms with van der Waals surface area (Å²) in [6, 6.07) is 5.06. The number of benzene rings is 1. The molecule has 9 nitrogen and oxygen atoms in total. The SMILES string of the molecule is Cc1cc(OCc2c(F)cccc2F)c2nc(C)c(C(=O)NCC3(NC(=O)OC(=O)C(F)(F)F)CCCCC3)n2c1. The number of aryl methyl sites for hydroxylation is 2. The lowest BCUT2D eigenvalue weighted by atomic mass is 9.81. The van der Waals surface area contributed by atoms with Gasteiger partial charge in [-0.1, -0.05) is 25.3 Å². The van der Waals surface area contributed by atoms with Gasteiger partial charge in [-0.3, -0.25) is 9.20 Å². The molecule has 1 aromatic carbocycles. The van der Waals surface area contributed by atoms with E-state index in [0.717, 1.165) is 18.6 Å². The van der Waals surface area contributed by atoms with E-state index < -0.39 is 47.9 Å². The van der Waals surface area contributed by atoms with Gasteiger partial charge in [-0.25, -0.2) is 23.4 Å². The first-order valence-electron chi connectivity index (χ1n) is 12.7. The van der Waals surface area contributed by atoms with Crippen molar-refractivity contribution in [2.45, 2.75) is 64.3 Å². The highest BCUT2D eigenvalue weighted by atomic mass is 19.4. The topological polar surface area (TPSA) is 111 Å². The summed E-state index contributed by atoms with van der Waals surface area (Å²) >= 11 is 0. The molecule has 0 atom stereocenters. The average Bonchev–Trinajstić information content (AvgIpc) is 3.22. The van der Waals surface area contributed by atoms with Crippen LogP contribution in [-0.2, 0) is 16.1 Å². The Morgan fingerprint density at radius 2 is 1.73 bits per heavy atom. The maximum atomic E-state index is 14.1. The van der Waals surface area contributed by atoms with Gasteiger partial charge in [0.05, 0.1) is 16.8 Å². The van der Waals surface area contributed by atoms with Gasteiger partial charge in [0, 0.05) is 12.7 Å². The average molecular weight is 583 g/mol. The number of carbonyl (C=O) groups is 3. The summed E-state index contributed by atoms with van der Waals surface area (Å²) < 4.78 is 76.8. The van der Waals surface area contributed by atoms with Crippen LogP contribution in [0.3, 0.4) is 0 Å². The molecule has 0 bridgehead atoms. The number of esters is 1. The van der Waals surface area contributed by atoms with Gasteiger partial charge >= 0.3 is 18.2 Å². The van der Waals surface area contributed by atoms with Gasteiger partial charge < -0.3 is 20.1 Å². The summed E-state index contributed by atoms with van der Waals surface area (Å²) in [7, 11) is 0. The van der Waals surface area contributed by atoms with Crippen LogP contribution < -0.4 is 15.4 Å². The van der Waals surface area contributed by atoms with E-state index in [9.17, 15) is 36.3 Å². The monoisotopic (exact) mass is 582 g/mol. The van der Waals surface area contributed by atoms with E-state index >= 15 is 0 Å². The van der Waals surface area contributed by atoms with Crippen LogP contribution in [0.25, 0.3) is 5.65 Å². The Balaban J connectivity index is 1.53. The number of alkyl carbamates (subject to hydrolysis) is 1. The van der Waals surface area contributed by atoms with E-state index in [-0.39, 0.29) is 29.2 Å². The number of aromatic nitrogens is 2. The molecule has 1 aliphatic rings. The minimum atomic E-state index is -5.34. The molecule has 2 N–H and O–H groups in total. The predicted molar refractivity (Wildman–Crippen MR) is 134 cm³/mol. The number of halogens is 5. The third-order valence-electron chi connectivity index (χ3n) is 6.83. The molecule has 0 saturated heterocycles. The molecule has 0 unspecified atom stereocenters. The maximum absolute atomic E-state index is 14.1. The van der Waals surface area contributed by atoms with E-state index in [4.69, 9.17) is 4.74 Å². The van der Waals surface area contributed by atoms with Crippen LogP contribution in [0.15, 0.2) is 30.5 Å². The van der Waals surface area contributed by atoms with E-state index in [1.54, 1.807) is 26.1 Å². The number of hydrogen-bond donors (Lipinski definition) is 2. The molecule has 0 spiro atoms. The lowest BCUT2D eigenvalue weighted by molar-refractivity contribution is -0.193. The van der Waals surface area contributed by atoms with Crippen molar-refractivity contribution in [1.29, 1.82) is 0 Å². The van der Waals surface area contributed by atoms with Gasteiger partial charge in [0.25, 0.3) is 5.91 Å². The number of pyridine rings is 1. The number of ether oxygens (including phenoxy) is 2. The Morgan fingerprint density at radius 3 is 2.37 bits per heavy atom. The number of carbonyl (C=O) groups excluding carboxylic acids is 3. The fraction of sp³-hybridized carbons (Fsp3) is 0.407. The molecule has 1 saturated carbocycles. The zero-order chi connectivity index (χ0) is 29.9. The number of nitrogens with zero attached hydrogens (tertiary/aromatic N) is 2. The van der Waals surface area contributed by atoms with Crippen LogP contribution in [0, 0.1) is 25.5 Å². The first-order chi connectivity index (χ1) is 19.3. The summed E-state index contributed by atoms with van der Waals surface area (Å²) in [4.78, 5) is 41.0. The molecule has 41 heavy (non-hydrogen) atoms. The molecule has 2 heterocycles. The zero-order valence-electron chi connectivity index (χ0n) is 22.2. The number of nitrogens with one attached hydrogen (secondary N) is 2. The van der Waals surface area contributed by atoms with Gasteiger partial charge in [-0.2, -0.15) is 13.2 Å². The second kappa shape index (κ2) is 11.7. The highest BCUT2D eigenvalue weighted by molar-refractivity contribution is 5.95. The molecule has 1 fully saturated rings. The largest absolute Gasteiger partial charge is 0.491 e. The summed E-state index contributed by atoms with van der Waals surface area (Å²) in [5.74, 6) is -4.61. The number of amides is 2. The second-order valence-corrected chi connectivity index (χ2v) is 9.93. The Labute approximate surface area is 231 Å². The van der Waals surface area contributed by atoms with Crippen LogP contribution in [-0.4, -0.2) is 45.6 Å². The number of alkyl halides is 3. The molecule has 220 valence electrons. The fourth-order valence-electron chi connectivity index (χ4n) is 4.85. The van der Waals surface area contributed by atoms with Gasteiger partial charge in [0.2, 0.25) is 0 Å². The zero-order valence-corrected chi connectivity index (χ0v) is 22.2. The fourth-order valence-corrected chi connectivity index (χ4v) is 4.85. The van der Waals surface area contributed by atoms with Gasteiger partial charge in [0.15, 0.2) is 11.4 Å². The lowest BCUT2D eigenvalue weighted by Crippen LogP contribution is -2.57. The smallest absolute Gasteiger partial charge is 0.485 e. The first kappa shape index (κ1) is 29.7. The Kier molecular flexibility index (Phi) is 8.50. The van der Waals surface area contributed by atoms with Gasteiger partial charge in [0.1, 0.15) is 23.9 Å². The number of imidazole rings is 1. The molecule has 0 radical (unpaired) electrons. The van der Waals surface area contributed by atoms with E-state index in [2.05, 4.69) is 20.4 Å². The van der Waals surface area contributed by atoms with Crippen molar-refractivity contribution in [2.24, 2.45) is 0 Å². The van der Waals surface area contributed by atoms with Crippen LogP contribution in [0.4, 0.5) is 26.7 Å². The van der Waals surface area contributed by atoms with Crippen LogP contribution in [0.5, 0.6) is 5.75 Å². The molecule has 14 heteroatoms. The molecule has 0 aliphatic heterocycles. The van der Waals surface area contributed by atoms with E-state index in [0.29, 0.717) is 36.9 Å². The Morgan fingerprint density at radius 1 is 1.07 bits per heavy atom. The van der Waals surface area contributed by atoms with Crippen molar-refractivity contribution in [2.75, 3.05) is 6.54 Å². The molecule has 1 aliphatic carbocycles. The first-order valence-corrected chi connectivity index (χ1v) is 12.7. The molecule has 2 amide bonds. The van der Waals surface area contributed by atoms with Crippen molar-refractivity contribution in [1.82, 2.24) is 20.0 Å². The van der Waals surface area contributed by atoms with Crippen molar-refractivity contribution < 1.29 is 45.8 Å². The summed E-state index contributed by atoms with van der Waals surface area (Å²) in [5, 5.41) is 5.06. The van der Waals surface area contributed by atoms with Crippen molar-refractivity contribution in [3.63, 3.8) is 0 Å². The normalized spacial score (nSPS) is 14.9. The summed E-state index contributed by atoms with van der Waals surface area (Å²) in [6.07, 6.45) is -2.54. The van der Waals surface area contributed by atoms with E-state index in [1.807, 2.05) is 0 Å². The van der Waals surface area contributed by atoms with Crippen molar-refractivity contribution in [3.05, 3.63) is 64.6 Å². The third-order valence-corrected chi connectivity index (χ3v) is 6.83. The Bertz CT molecular complexity index is 1460. The van der Waals surface area contributed by atoms with Crippen LogP contribution in [0.1, 0.15) is 59.4 Å². The summed E-state index contributed by atoms with van der Waals surface area (Å²) in [5.41, 5.74) is -0.124. The highest BCUT2D eigenvalue weighted by Crippen LogP contribution is 2.29. The van der Waals surface area contributed by atoms with Gasteiger partial charge in [-0.05, 0) is 50.5 Å². The Hall–Kier alpha value is -4.23.